The number of nitrogens with one attached hydrogen (secondary N) is 1. The molecule has 0 saturated heterocycles. The van der Waals surface area contributed by atoms with Crippen molar-refractivity contribution in [2.75, 3.05) is 17.5 Å². The summed E-state index contributed by atoms with van der Waals surface area (Å²) in [6.45, 7) is 0. The standard InChI is InChI=1S/C19H18N2O.CHF3O3S/c1-22-19-14-12-18(13-15-19)21(17-10-6-3-7-11-17)20-16-8-4-2-5-9-16;2-1(3,4)8(5,6)7/h2-15,20H,1H3;(H,5,6,7). The molecule has 0 bridgehead atoms. The van der Waals surface area contributed by atoms with Crippen LogP contribution in [-0.2, 0) is 10.1 Å². The van der Waals surface area contributed by atoms with E-state index in [2.05, 4.69) is 22.6 Å². The topological polar surface area (TPSA) is 78.9 Å². The van der Waals surface area contributed by atoms with Crippen molar-refractivity contribution in [2.24, 2.45) is 0 Å². The lowest BCUT2D eigenvalue weighted by molar-refractivity contribution is -0.0510. The van der Waals surface area contributed by atoms with Crippen LogP contribution in [0.4, 0.5) is 30.2 Å². The summed E-state index contributed by atoms with van der Waals surface area (Å²) in [5.74, 6) is 0.844. The Hall–Kier alpha value is -3.24. The number of hydrazine groups is 1. The molecule has 6 nitrogen and oxygen atoms in total. The molecule has 0 amide bonds. The smallest absolute Gasteiger partial charge is 0.497 e. The average molecular weight is 440 g/mol. The van der Waals surface area contributed by atoms with E-state index in [4.69, 9.17) is 17.7 Å². The van der Waals surface area contributed by atoms with Gasteiger partial charge in [0.05, 0.1) is 24.2 Å². The second-order valence-corrected chi connectivity index (χ2v) is 7.18. The van der Waals surface area contributed by atoms with Gasteiger partial charge >= 0.3 is 15.6 Å². The molecular formula is C20H19F3N2O4S. The number of ether oxygens (including phenoxy) is 1. The Labute approximate surface area is 172 Å². The van der Waals surface area contributed by atoms with Crippen LogP contribution in [0.5, 0.6) is 5.75 Å². The molecule has 3 rings (SSSR count). The van der Waals surface area contributed by atoms with Crippen molar-refractivity contribution in [3.8, 4) is 5.75 Å². The molecule has 0 radical (unpaired) electrons. The fourth-order valence-electron chi connectivity index (χ4n) is 2.23. The van der Waals surface area contributed by atoms with E-state index in [9.17, 15) is 13.2 Å². The second-order valence-electron chi connectivity index (χ2n) is 5.77. The molecule has 0 atom stereocenters. The molecule has 2 N–H and O–H groups in total. The Kier molecular flexibility index (Phi) is 7.67. The van der Waals surface area contributed by atoms with E-state index in [-0.39, 0.29) is 0 Å². The van der Waals surface area contributed by atoms with Gasteiger partial charge in [0, 0.05) is 0 Å². The predicted molar refractivity (Wildman–Crippen MR) is 109 cm³/mol. The minimum absolute atomic E-state index is 0.844. The number of methoxy groups -OCH3 is 1. The summed E-state index contributed by atoms with van der Waals surface area (Å²) in [5, 5.41) is 2.05. The third-order valence-corrected chi connectivity index (χ3v) is 4.24. The minimum Gasteiger partial charge on any atom is -0.497 e. The molecule has 0 fully saturated rings. The van der Waals surface area contributed by atoms with Crippen LogP contribution < -0.4 is 15.2 Å². The molecule has 0 aromatic heterocycles. The highest BCUT2D eigenvalue weighted by atomic mass is 32.2. The number of hydrogen-bond acceptors (Lipinski definition) is 5. The van der Waals surface area contributed by atoms with Gasteiger partial charge < -0.3 is 4.74 Å². The lowest BCUT2D eigenvalue weighted by Crippen LogP contribution is -2.24. The summed E-state index contributed by atoms with van der Waals surface area (Å²) in [7, 11) is -4.17. The van der Waals surface area contributed by atoms with E-state index >= 15 is 0 Å². The maximum absolute atomic E-state index is 10.7. The Balaban J connectivity index is 0.000000343. The van der Waals surface area contributed by atoms with Crippen molar-refractivity contribution in [2.45, 2.75) is 5.51 Å². The number of anilines is 3. The van der Waals surface area contributed by atoms with Crippen molar-refractivity contribution in [3.05, 3.63) is 84.9 Å². The second kappa shape index (κ2) is 9.99. The molecule has 0 aliphatic heterocycles. The fraction of sp³-hybridized carbons (Fsp3) is 0.100. The molecule has 3 aromatic rings. The van der Waals surface area contributed by atoms with E-state index < -0.39 is 15.6 Å². The van der Waals surface area contributed by atoms with Crippen LogP contribution >= 0.6 is 0 Å². The van der Waals surface area contributed by atoms with Gasteiger partial charge in [0.15, 0.2) is 0 Å². The van der Waals surface area contributed by atoms with E-state index in [1.165, 1.54) is 0 Å². The molecule has 0 heterocycles. The number of benzene rings is 3. The Morgan fingerprint density at radius 1 is 0.833 bits per heavy atom. The first-order valence-corrected chi connectivity index (χ1v) is 9.90. The number of nitrogens with zero attached hydrogens (tertiary/aromatic N) is 1. The van der Waals surface area contributed by atoms with Gasteiger partial charge in [-0.2, -0.15) is 21.6 Å². The van der Waals surface area contributed by atoms with Crippen molar-refractivity contribution in [1.82, 2.24) is 0 Å². The van der Waals surface area contributed by atoms with Crippen molar-refractivity contribution >= 4 is 27.2 Å². The third-order valence-electron chi connectivity index (χ3n) is 3.65. The number of hydrogen-bond donors (Lipinski definition) is 2. The first-order chi connectivity index (χ1) is 14.1. The first-order valence-electron chi connectivity index (χ1n) is 8.46. The van der Waals surface area contributed by atoms with E-state index in [0.717, 1.165) is 22.8 Å². The molecule has 30 heavy (non-hydrogen) atoms. The highest BCUT2D eigenvalue weighted by Crippen LogP contribution is 2.27. The molecule has 0 aliphatic carbocycles. The van der Waals surface area contributed by atoms with Gasteiger partial charge in [-0.05, 0) is 48.5 Å². The van der Waals surface area contributed by atoms with Crippen LogP contribution in [0.25, 0.3) is 0 Å². The van der Waals surface area contributed by atoms with Gasteiger partial charge in [0.25, 0.3) is 0 Å². The number of rotatable bonds is 5. The zero-order valence-corrected chi connectivity index (χ0v) is 16.6. The van der Waals surface area contributed by atoms with Crippen molar-refractivity contribution in [1.29, 1.82) is 0 Å². The monoisotopic (exact) mass is 440 g/mol. The van der Waals surface area contributed by atoms with Gasteiger partial charge in [0.1, 0.15) is 5.75 Å². The highest BCUT2D eigenvalue weighted by molar-refractivity contribution is 7.86. The van der Waals surface area contributed by atoms with E-state index in [0.29, 0.717) is 0 Å². The summed E-state index contributed by atoms with van der Waals surface area (Å²) >= 11 is 0. The van der Waals surface area contributed by atoms with Crippen LogP contribution in [-0.4, -0.2) is 25.6 Å². The lowest BCUT2D eigenvalue weighted by atomic mass is 10.2. The fourth-order valence-corrected chi connectivity index (χ4v) is 2.23. The van der Waals surface area contributed by atoms with Crippen LogP contribution in [0.3, 0.4) is 0 Å². The largest absolute Gasteiger partial charge is 0.522 e. The molecule has 0 spiro atoms. The number of halogens is 3. The van der Waals surface area contributed by atoms with E-state index in [1.807, 2.05) is 72.8 Å². The minimum atomic E-state index is -5.84. The Morgan fingerprint density at radius 3 is 1.70 bits per heavy atom. The summed E-state index contributed by atoms with van der Waals surface area (Å²) in [6, 6.07) is 28.3. The maximum atomic E-state index is 10.7. The van der Waals surface area contributed by atoms with Crippen LogP contribution in [0.1, 0.15) is 0 Å². The third kappa shape index (κ3) is 6.68. The van der Waals surface area contributed by atoms with Crippen molar-refractivity contribution in [3.63, 3.8) is 0 Å². The SMILES string of the molecule is COc1ccc(N(Nc2ccccc2)c2ccccc2)cc1.O=S(=O)(O)C(F)(F)F. The molecule has 0 saturated carbocycles. The lowest BCUT2D eigenvalue weighted by Gasteiger charge is -2.26. The quantitative estimate of drug-likeness (QED) is 0.320. The van der Waals surface area contributed by atoms with Crippen LogP contribution in [0.15, 0.2) is 84.9 Å². The van der Waals surface area contributed by atoms with Crippen LogP contribution in [0.2, 0.25) is 0 Å². The predicted octanol–water partition coefficient (Wildman–Crippen LogP) is 5.25. The van der Waals surface area contributed by atoms with Gasteiger partial charge in [-0.1, -0.05) is 36.4 Å². The molecule has 3 aromatic carbocycles. The molecule has 0 unspecified atom stereocenters. The molecule has 10 heteroatoms. The highest BCUT2D eigenvalue weighted by Gasteiger charge is 2.44. The number of alkyl halides is 3. The maximum Gasteiger partial charge on any atom is 0.522 e. The van der Waals surface area contributed by atoms with Crippen LogP contribution in [0, 0.1) is 0 Å². The Bertz CT molecular complexity index is 1010. The summed E-state index contributed by atoms with van der Waals surface area (Å²) in [5.41, 5.74) is 1.04. The van der Waals surface area contributed by atoms with Gasteiger partial charge in [0.2, 0.25) is 0 Å². The van der Waals surface area contributed by atoms with E-state index in [1.54, 1.807) is 7.11 Å². The summed E-state index contributed by atoms with van der Waals surface area (Å²) in [4.78, 5) is 0. The summed E-state index contributed by atoms with van der Waals surface area (Å²) < 4.78 is 62.8. The number of para-hydroxylation sites is 2. The normalized spacial score (nSPS) is 11.1. The van der Waals surface area contributed by atoms with Gasteiger partial charge in [-0.25, -0.2) is 0 Å². The molecule has 160 valence electrons. The zero-order chi connectivity index (χ0) is 22.2. The zero-order valence-electron chi connectivity index (χ0n) is 15.7. The van der Waals surface area contributed by atoms with Gasteiger partial charge in [-0.15, -0.1) is 0 Å². The first kappa shape index (κ1) is 23.0. The van der Waals surface area contributed by atoms with Gasteiger partial charge in [-0.3, -0.25) is 15.0 Å². The summed E-state index contributed by atoms with van der Waals surface area (Å²) in [6.07, 6.45) is 0. The van der Waals surface area contributed by atoms with Crippen molar-refractivity contribution < 1.29 is 30.9 Å². The molecular weight excluding hydrogens is 421 g/mol. The average Bonchev–Trinajstić information content (AvgIpc) is 2.72. The Morgan fingerprint density at radius 2 is 1.27 bits per heavy atom. The molecule has 0 aliphatic rings.